The van der Waals surface area contributed by atoms with E-state index in [1.807, 2.05) is 0 Å². The molecule has 21 heavy (non-hydrogen) atoms. The Balaban J connectivity index is 2.46. The van der Waals surface area contributed by atoms with Crippen molar-refractivity contribution in [1.82, 2.24) is 0 Å². The fourth-order valence-electron chi connectivity index (χ4n) is 1.92. The molecule has 0 aliphatic rings. The Morgan fingerprint density at radius 1 is 1.14 bits per heavy atom. The van der Waals surface area contributed by atoms with Crippen molar-refractivity contribution in [3.05, 3.63) is 63.1 Å². The number of benzene rings is 2. The lowest BCUT2D eigenvalue weighted by atomic mass is 10.0. The molecule has 2 aromatic rings. The standard InChI is InChI=1S/C15H12Cl2F2O2/c1-2-21-13-7-10(16)9(6-11(13)17)15(20)8-4-3-5-12(18)14(8)19/h3-7,15,20H,2H2,1H3. The fourth-order valence-corrected chi connectivity index (χ4v) is 2.40. The van der Waals surface area contributed by atoms with Crippen molar-refractivity contribution in [2.75, 3.05) is 6.61 Å². The topological polar surface area (TPSA) is 29.5 Å². The highest BCUT2D eigenvalue weighted by molar-refractivity contribution is 6.34. The number of halogens is 4. The zero-order chi connectivity index (χ0) is 15.6. The van der Waals surface area contributed by atoms with E-state index in [1.54, 1.807) is 6.92 Å². The van der Waals surface area contributed by atoms with Crippen LogP contribution in [0.4, 0.5) is 8.78 Å². The maximum atomic E-state index is 13.7. The molecule has 0 amide bonds. The normalized spacial score (nSPS) is 12.3. The second kappa shape index (κ2) is 6.60. The number of aliphatic hydroxyl groups is 1. The van der Waals surface area contributed by atoms with Crippen LogP contribution in [0.3, 0.4) is 0 Å². The number of aliphatic hydroxyl groups excluding tert-OH is 1. The smallest absolute Gasteiger partial charge is 0.164 e. The molecule has 0 saturated heterocycles. The second-order valence-corrected chi connectivity index (χ2v) is 5.10. The molecule has 0 aliphatic carbocycles. The molecule has 2 aromatic carbocycles. The molecule has 112 valence electrons. The third-order valence-corrected chi connectivity index (χ3v) is 3.54. The molecule has 0 radical (unpaired) electrons. The largest absolute Gasteiger partial charge is 0.492 e. The Morgan fingerprint density at radius 3 is 2.52 bits per heavy atom. The van der Waals surface area contributed by atoms with E-state index >= 15 is 0 Å². The van der Waals surface area contributed by atoms with Crippen LogP contribution in [0.15, 0.2) is 30.3 Å². The molecule has 1 unspecified atom stereocenters. The van der Waals surface area contributed by atoms with E-state index < -0.39 is 17.7 Å². The molecular weight excluding hydrogens is 321 g/mol. The summed E-state index contributed by atoms with van der Waals surface area (Å²) >= 11 is 12.1. The molecular formula is C15H12Cl2F2O2. The first-order valence-electron chi connectivity index (χ1n) is 6.19. The van der Waals surface area contributed by atoms with Crippen LogP contribution in [0.5, 0.6) is 5.75 Å². The van der Waals surface area contributed by atoms with Crippen molar-refractivity contribution in [2.24, 2.45) is 0 Å². The number of rotatable bonds is 4. The first-order chi connectivity index (χ1) is 9.95. The van der Waals surface area contributed by atoms with Crippen LogP contribution in [-0.2, 0) is 0 Å². The van der Waals surface area contributed by atoms with Crippen LogP contribution >= 0.6 is 23.2 Å². The molecule has 0 bridgehead atoms. The molecule has 0 saturated carbocycles. The van der Waals surface area contributed by atoms with Crippen LogP contribution < -0.4 is 4.74 Å². The lowest BCUT2D eigenvalue weighted by Crippen LogP contribution is -2.05. The maximum absolute atomic E-state index is 13.7. The lowest BCUT2D eigenvalue weighted by molar-refractivity contribution is 0.213. The van der Waals surface area contributed by atoms with Crippen molar-refractivity contribution in [3.63, 3.8) is 0 Å². The Labute approximate surface area is 130 Å². The molecule has 1 atom stereocenters. The maximum Gasteiger partial charge on any atom is 0.164 e. The lowest BCUT2D eigenvalue weighted by Gasteiger charge is -2.16. The molecule has 2 nitrogen and oxygen atoms in total. The monoisotopic (exact) mass is 332 g/mol. The molecule has 0 spiro atoms. The summed E-state index contributed by atoms with van der Waals surface area (Å²) in [6, 6.07) is 6.37. The third kappa shape index (κ3) is 3.28. The van der Waals surface area contributed by atoms with Gasteiger partial charge in [-0.3, -0.25) is 0 Å². The average molecular weight is 333 g/mol. The van der Waals surface area contributed by atoms with Crippen molar-refractivity contribution < 1.29 is 18.6 Å². The quantitative estimate of drug-likeness (QED) is 0.875. The zero-order valence-corrected chi connectivity index (χ0v) is 12.6. The Morgan fingerprint density at radius 2 is 1.86 bits per heavy atom. The highest BCUT2D eigenvalue weighted by Gasteiger charge is 2.21. The van der Waals surface area contributed by atoms with Crippen LogP contribution in [0, 0.1) is 11.6 Å². The third-order valence-electron chi connectivity index (χ3n) is 2.92. The van der Waals surface area contributed by atoms with Gasteiger partial charge in [-0.05, 0) is 19.1 Å². The summed E-state index contributed by atoms with van der Waals surface area (Å²) in [5, 5.41) is 10.6. The molecule has 2 rings (SSSR count). The van der Waals surface area contributed by atoms with E-state index in [9.17, 15) is 13.9 Å². The van der Waals surface area contributed by atoms with E-state index in [4.69, 9.17) is 27.9 Å². The van der Waals surface area contributed by atoms with Gasteiger partial charge in [0.15, 0.2) is 11.6 Å². The molecule has 0 aromatic heterocycles. The van der Waals surface area contributed by atoms with Gasteiger partial charge in [-0.1, -0.05) is 35.3 Å². The molecule has 0 fully saturated rings. The predicted molar refractivity (Wildman–Crippen MR) is 78.1 cm³/mol. The first-order valence-corrected chi connectivity index (χ1v) is 6.95. The fraction of sp³-hybridized carbons (Fsp3) is 0.200. The number of hydrogen-bond donors (Lipinski definition) is 1. The Kier molecular flexibility index (Phi) is 5.04. The highest BCUT2D eigenvalue weighted by Crippen LogP contribution is 2.37. The van der Waals surface area contributed by atoms with Crippen LogP contribution in [-0.4, -0.2) is 11.7 Å². The van der Waals surface area contributed by atoms with Gasteiger partial charge in [-0.15, -0.1) is 0 Å². The Bertz CT molecular complexity index is 662. The van der Waals surface area contributed by atoms with Gasteiger partial charge in [0.1, 0.15) is 11.9 Å². The van der Waals surface area contributed by atoms with E-state index in [1.165, 1.54) is 24.3 Å². The minimum absolute atomic E-state index is 0.152. The van der Waals surface area contributed by atoms with E-state index in [-0.39, 0.29) is 21.2 Å². The van der Waals surface area contributed by atoms with Crippen LogP contribution in [0.2, 0.25) is 10.0 Å². The van der Waals surface area contributed by atoms with Crippen LogP contribution in [0.25, 0.3) is 0 Å². The Hall–Kier alpha value is -1.36. The summed E-state index contributed by atoms with van der Waals surface area (Å²) in [5.41, 5.74) is -0.0354. The van der Waals surface area contributed by atoms with Gasteiger partial charge >= 0.3 is 0 Å². The summed E-state index contributed by atoms with van der Waals surface area (Å²) in [5.74, 6) is -1.80. The van der Waals surface area contributed by atoms with Gasteiger partial charge in [0.2, 0.25) is 0 Å². The van der Waals surface area contributed by atoms with Gasteiger partial charge < -0.3 is 9.84 Å². The summed E-state index contributed by atoms with van der Waals surface area (Å²) in [7, 11) is 0. The molecule has 6 heteroatoms. The number of hydrogen-bond acceptors (Lipinski definition) is 2. The summed E-state index contributed by atoms with van der Waals surface area (Å²) in [6.07, 6.45) is -1.43. The van der Waals surface area contributed by atoms with E-state index in [0.717, 1.165) is 6.07 Å². The van der Waals surface area contributed by atoms with Gasteiger partial charge in [0, 0.05) is 17.2 Å². The van der Waals surface area contributed by atoms with Gasteiger partial charge in [0.05, 0.1) is 16.7 Å². The summed E-state index contributed by atoms with van der Waals surface area (Å²) in [6.45, 7) is 2.19. The zero-order valence-electron chi connectivity index (χ0n) is 11.0. The van der Waals surface area contributed by atoms with Crippen LogP contribution in [0.1, 0.15) is 24.2 Å². The van der Waals surface area contributed by atoms with E-state index in [2.05, 4.69) is 0 Å². The second-order valence-electron chi connectivity index (χ2n) is 4.28. The van der Waals surface area contributed by atoms with Crippen molar-refractivity contribution in [2.45, 2.75) is 13.0 Å². The van der Waals surface area contributed by atoms with Crippen molar-refractivity contribution in [3.8, 4) is 5.75 Å². The van der Waals surface area contributed by atoms with Gasteiger partial charge in [0.25, 0.3) is 0 Å². The molecule has 1 N–H and O–H groups in total. The highest BCUT2D eigenvalue weighted by atomic mass is 35.5. The molecule has 0 heterocycles. The van der Waals surface area contributed by atoms with Gasteiger partial charge in [-0.25, -0.2) is 8.78 Å². The minimum Gasteiger partial charge on any atom is -0.492 e. The predicted octanol–water partition coefficient (Wildman–Crippen LogP) is 4.75. The number of ether oxygens (including phenoxy) is 1. The summed E-state index contributed by atoms with van der Waals surface area (Å²) < 4.78 is 32.2. The molecule has 0 aliphatic heterocycles. The van der Waals surface area contributed by atoms with E-state index in [0.29, 0.717) is 12.4 Å². The van der Waals surface area contributed by atoms with Crippen molar-refractivity contribution >= 4 is 23.2 Å². The van der Waals surface area contributed by atoms with Crippen molar-refractivity contribution in [1.29, 1.82) is 0 Å². The SMILES string of the molecule is CCOc1cc(Cl)c(C(O)c2cccc(F)c2F)cc1Cl. The summed E-state index contributed by atoms with van der Waals surface area (Å²) in [4.78, 5) is 0. The average Bonchev–Trinajstić information content (AvgIpc) is 2.45. The minimum atomic E-state index is -1.43. The van der Waals surface area contributed by atoms with Gasteiger partial charge in [-0.2, -0.15) is 0 Å². The first kappa shape index (κ1) is 16.0.